The summed E-state index contributed by atoms with van der Waals surface area (Å²) >= 11 is 0. The van der Waals surface area contributed by atoms with Crippen molar-refractivity contribution in [3.63, 3.8) is 0 Å². The van der Waals surface area contributed by atoms with Gasteiger partial charge in [-0.05, 0) is 31.7 Å². The molecule has 1 aliphatic carbocycles. The van der Waals surface area contributed by atoms with Gasteiger partial charge in [0.15, 0.2) is 5.96 Å². The molecule has 1 fully saturated rings. The van der Waals surface area contributed by atoms with E-state index in [1.807, 2.05) is 12.1 Å². The maximum Gasteiger partial charge on any atom is 0.218 e. The number of ether oxygens (including phenoxy) is 1. The molecule has 21 heavy (non-hydrogen) atoms. The molecule has 0 saturated heterocycles. The van der Waals surface area contributed by atoms with Crippen LogP contribution in [0.4, 0.5) is 0 Å². The highest BCUT2D eigenvalue weighted by Gasteiger charge is 2.18. The van der Waals surface area contributed by atoms with Gasteiger partial charge in [0.25, 0.3) is 0 Å². The Bertz CT molecular complexity index is 515. The Balaban J connectivity index is 1.94. The van der Waals surface area contributed by atoms with Gasteiger partial charge in [0.05, 0.1) is 6.54 Å². The molecule has 5 heteroatoms. The number of terminal acetylenes is 1. The molecule has 0 bridgehead atoms. The third kappa shape index (κ3) is 4.67. The molecule has 0 spiro atoms. The van der Waals surface area contributed by atoms with Crippen molar-refractivity contribution in [2.45, 2.75) is 38.3 Å². The van der Waals surface area contributed by atoms with Crippen LogP contribution in [0.25, 0.3) is 0 Å². The maximum atomic E-state index is 6.01. The topological polar surface area (TPSA) is 58.5 Å². The maximum absolute atomic E-state index is 6.01. The van der Waals surface area contributed by atoms with Gasteiger partial charge < -0.3 is 15.4 Å². The number of nitrogens with zero attached hydrogens (tertiary/aromatic N) is 2. The third-order valence-electron chi connectivity index (χ3n) is 3.46. The van der Waals surface area contributed by atoms with Gasteiger partial charge in [-0.25, -0.2) is 4.98 Å². The fraction of sp³-hybridized carbons (Fsp3) is 0.500. The van der Waals surface area contributed by atoms with Gasteiger partial charge in [-0.2, -0.15) is 0 Å². The van der Waals surface area contributed by atoms with Gasteiger partial charge in [-0.3, -0.25) is 4.99 Å². The molecule has 0 atom stereocenters. The molecule has 0 radical (unpaired) electrons. The molecule has 1 aromatic heterocycles. The molecule has 0 aliphatic heterocycles. The summed E-state index contributed by atoms with van der Waals surface area (Å²) in [4.78, 5) is 8.46. The summed E-state index contributed by atoms with van der Waals surface area (Å²) in [7, 11) is 1.71. The molecule has 0 aromatic carbocycles. The van der Waals surface area contributed by atoms with Crippen LogP contribution in [0.1, 0.15) is 31.2 Å². The SMILES string of the molecule is C#CCNC(=NC)NCc1cccnc1OC1CCCC1. The monoisotopic (exact) mass is 286 g/mol. The molecule has 1 aromatic rings. The van der Waals surface area contributed by atoms with Crippen molar-refractivity contribution in [2.75, 3.05) is 13.6 Å². The fourth-order valence-electron chi connectivity index (χ4n) is 2.36. The quantitative estimate of drug-likeness (QED) is 0.491. The molecular formula is C16H22N4O. The summed E-state index contributed by atoms with van der Waals surface area (Å²) in [6.07, 6.45) is 12.0. The van der Waals surface area contributed by atoms with Crippen molar-refractivity contribution in [3.8, 4) is 18.2 Å². The van der Waals surface area contributed by atoms with Crippen molar-refractivity contribution < 1.29 is 4.74 Å². The highest BCUT2D eigenvalue weighted by atomic mass is 16.5. The second-order valence-corrected chi connectivity index (χ2v) is 4.98. The smallest absolute Gasteiger partial charge is 0.218 e. The normalized spacial score (nSPS) is 15.5. The van der Waals surface area contributed by atoms with Crippen LogP contribution in [-0.4, -0.2) is 30.6 Å². The molecule has 2 N–H and O–H groups in total. The van der Waals surface area contributed by atoms with Crippen molar-refractivity contribution in [1.29, 1.82) is 0 Å². The number of guanidine groups is 1. The predicted octanol–water partition coefficient (Wildman–Crippen LogP) is 1.70. The minimum Gasteiger partial charge on any atom is -0.474 e. The molecular weight excluding hydrogens is 264 g/mol. The van der Waals surface area contributed by atoms with E-state index in [1.54, 1.807) is 13.2 Å². The van der Waals surface area contributed by atoms with E-state index < -0.39 is 0 Å². The Morgan fingerprint density at radius 2 is 2.29 bits per heavy atom. The van der Waals surface area contributed by atoms with Crippen molar-refractivity contribution >= 4 is 5.96 Å². The van der Waals surface area contributed by atoms with Crippen molar-refractivity contribution in [3.05, 3.63) is 23.9 Å². The molecule has 5 nitrogen and oxygen atoms in total. The number of hydrogen-bond donors (Lipinski definition) is 2. The number of nitrogens with one attached hydrogen (secondary N) is 2. The van der Waals surface area contributed by atoms with Crippen molar-refractivity contribution in [1.82, 2.24) is 15.6 Å². The van der Waals surface area contributed by atoms with E-state index in [-0.39, 0.29) is 0 Å². The summed E-state index contributed by atoms with van der Waals surface area (Å²) in [5.41, 5.74) is 1.02. The Morgan fingerprint density at radius 1 is 1.48 bits per heavy atom. The van der Waals surface area contributed by atoms with Crippen molar-refractivity contribution in [2.24, 2.45) is 4.99 Å². The summed E-state index contributed by atoms with van der Waals surface area (Å²) < 4.78 is 6.01. The van der Waals surface area contributed by atoms with E-state index in [9.17, 15) is 0 Å². The van der Waals surface area contributed by atoms with E-state index in [1.165, 1.54) is 12.8 Å². The minimum absolute atomic E-state index is 0.303. The van der Waals surface area contributed by atoms with E-state index in [2.05, 4.69) is 26.5 Å². The molecule has 1 heterocycles. The number of hydrogen-bond acceptors (Lipinski definition) is 3. The fourth-order valence-corrected chi connectivity index (χ4v) is 2.36. The highest BCUT2D eigenvalue weighted by Crippen LogP contribution is 2.24. The Morgan fingerprint density at radius 3 is 3.00 bits per heavy atom. The summed E-state index contributed by atoms with van der Waals surface area (Å²) in [5, 5.41) is 6.23. The first kappa shape index (κ1) is 15.2. The zero-order valence-electron chi connectivity index (χ0n) is 12.4. The van der Waals surface area contributed by atoms with Crippen LogP contribution in [0.2, 0.25) is 0 Å². The van der Waals surface area contributed by atoms with Crippen LogP contribution in [0.3, 0.4) is 0 Å². The lowest BCUT2D eigenvalue weighted by Crippen LogP contribution is -2.37. The standard InChI is InChI=1S/C16H22N4O/c1-3-10-19-16(17-2)20-12-13-7-6-11-18-15(13)21-14-8-4-5-9-14/h1,6-7,11,14H,4-5,8-10,12H2,2H3,(H2,17,19,20). The summed E-state index contributed by atoms with van der Waals surface area (Å²) in [6, 6.07) is 3.93. The van der Waals surface area contributed by atoms with E-state index in [0.717, 1.165) is 18.4 Å². The number of aliphatic imine (C=N–C) groups is 1. The lowest BCUT2D eigenvalue weighted by atomic mass is 10.2. The Hall–Kier alpha value is -2.22. The van der Waals surface area contributed by atoms with Crippen LogP contribution >= 0.6 is 0 Å². The number of pyridine rings is 1. The van der Waals surface area contributed by atoms with Gasteiger partial charge in [0.2, 0.25) is 5.88 Å². The van der Waals surface area contributed by atoms with E-state index in [0.29, 0.717) is 31.0 Å². The minimum atomic E-state index is 0.303. The van der Waals surface area contributed by atoms with Crippen LogP contribution in [-0.2, 0) is 6.54 Å². The van der Waals surface area contributed by atoms with Crippen LogP contribution < -0.4 is 15.4 Å². The molecule has 2 rings (SSSR count). The molecule has 0 amide bonds. The first-order valence-electron chi connectivity index (χ1n) is 7.32. The average Bonchev–Trinajstić information content (AvgIpc) is 3.02. The zero-order chi connectivity index (χ0) is 14.9. The van der Waals surface area contributed by atoms with E-state index in [4.69, 9.17) is 11.2 Å². The molecule has 1 saturated carbocycles. The second-order valence-electron chi connectivity index (χ2n) is 4.98. The van der Waals surface area contributed by atoms with Crippen LogP contribution in [0, 0.1) is 12.3 Å². The average molecular weight is 286 g/mol. The van der Waals surface area contributed by atoms with Gasteiger partial charge in [-0.1, -0.05) is 12.0 Å². The zero-order valence-corrected chi connectivity index (χ0v) is 12.4. The molecule has 0 unspecified atom stereocenters. The Labute approximate surface area is 126 Å². The lowest BCUT2D eigenvalue weighted by Gasteiger charge is -2.16. The second kappa shape index (κ2) is 8.15. The highest BCUT2D eigenvalue weighted by molar-refractivity contribution is 5.79. The Kier molecular flexibility index (Phi) is 5.89. The molecule has 1 aliphatic rings. The summed E-state index contributed by atoms with van der Waals surface area (Å²) in [6.45, 7) is 1.04. The predicted molar refractivity (Wildman–Crippen MR) is 84.2 cm³/mol. The van der Waals surface area contributed by atoms with Gasteiger partial charge in [0.1, 0.15) is 6.10 Å². The lowest BCUT2D eigenvalue weighted by molar-refractivity contribution is 0.199. The van der Waals surface area contributed by atoms with Gasteiger partial charge in [0, 0.05) is 25.4 Å². The number of rotatable bonds is 5. The van der Waals surface area contributed by atoms with Gasteiger partial charge in [-0.15, -0.1) is 6.42 Å². The first-order valence-corrected chi connectivity index (χ1v) is 7.32. The first-order chi connectivity index (χ1) is 10.3. The third-order valence-corrected chi connectivity index (χ3v) is 3.46. The molecule has 112 valence electrons. The van der Waals surface area contributed by atoms with Gasteiger partial charge >= 0.3 is 0 Å². The van der Waals surface area contributed by atoms with Crippen LogP contribution in [0.15, 0.2) is 23.3 Å². The number of aromatic nitrogens is 1. The van der Waals surface area contributed by atoms with E-state index >= 15 is 0 Å². The largest absolute Gasteiger partial charge is 0.474 e. The summed E-state index contributed by atoms with van der Waals surface area (Å²) in [5.74, 6) is 3.90. The van der Waals surface area contributed by atoms with Crippen LogP contribution in [0.5, 0.6) is 5.88 Å².